The first kappa shape index (κ1) is 13.3. The Hall–Kier alpha value is -1.33. The summed E-state index contributed by atoms with van der Waals surface area (Å²) in [6.45, 7) is 8.35. The van der Waals surface area contributed by atoms with Crippen molar-refractivity contribution >= 4 is 18.2 Å². The second-order valence-electron chi connectivity index (χ2n) is 7.15. The predicted molar refractivity (Wildman–Crippen MR) is 81.2 cm³/mol. The third-order valence-corrected chi connectivity index (χ3v) is 5.09. The molecule has 1 aromatic heterocycles. The van der Waals surface area contributed by atoms with E-state index < -0.39 is 0 Å². The quantitative estimate of drug-likeness (QED) is 0.788. The summed E-state index contributed by atoms with van der Waals surface area (Å²) in [7, 11) is -0.157. The van der Waals surface area contributed by atoms with E-state index in [-0.39, 0.29) is 18.3 Å². The van der Waals surface area contributed by atoms with Gasteiger partial charge in [0.05, 0.1) is 11.2 Å². The van der Waals surface area contributed by atoms with Crippen LogP contribution >= 0.6 is 0 Å². The molecule has 1 aliphatic heterocycles. The molecule has 2 fully saturated rings. The maximum atomic E-state index is 6.12. The number of rotatable bonds is 2. The number of oxazole rings is 1. The summed E-state index contributed by atoms with van der Waals surface area (Å²) in [5.74, 6) is 1.47. The molecule has 21 heavy (non-hydrogen) atoms. The highest BCUT2D eigenvalue weighted by Gasteiger charge is 2.61. The predicted octanol–water partition coefficient (Wildman–Crippen LogP) is 3.78. The number of aromatic nitrogens is 1. The second kappa shape index (κ2) is 4.11. The average molecular weight is 285 g/mol. The summed E-state index contributed by atoms with van der Waals surface area (Å²) >= 11 is 0. The van der Waals surface area contributed by atoms with Crippen molar-refractivity contribution in [3.05, 3.63) is 30.2 Å². The fraction of sp³-hybridized carbons (Fsp3) is 0.562. The summed E-state index contributed by atoms with van der Waals surface area (Å²) in [4.78, 5) is 4.59. The van der Waals surface area contributed by atoms with E-state index in [4.69, 9.17) is 13.7 Å². The van der Waals surface area contributed by atoms with Gasteiger partial charge in [-0.25, -0.2) is 4.98 Å². The maximum Gasteiger partial charge on any atom is 0.461 e. The molecule has 1 saturated carbocycles. The number of hydrogen-bond acceptors (Lipinski definition) is 4. The minimum atomic E-state index is -0.272. The van der Waals surface area contributed by atoms with Crippen LogP contribution < -0.4 is 0 Å². The summed E-state index contributed by atoms with van der Waals surface area (Å²) in [5, 5.41) is 0. The number of fused-ring (bicyclic) bond motifs is 1. The number of benzene rings is 1. The van der Waals surface area contributed by atoms with Gasteiger partial charge in [0.2, 0.25) is 0 Å². The Morgan fingerprint density at radius 1 is 1.10 bits per heavy atom. The Morgan fingerprint density at radius 2 is 1.76 bits per heavy atom. The minimum Gasteiger partial charge on any atom is -0.440 e. The summed E-state index contributed by atoms with van der Waals surface area (Å²) in [6.07, 6.45) is 1.02. The third kappa shape index (κ3) is 2.02. The van der Waals surface area contributed by atoms with E-state index in [9.17, 15) is 0 Å². The molecule has 0 radical (unpaired) electrons. The Bertz CT molecular complexity index is 645. The van der Waals surface area contributed by atoms with Crippen LogP contribution in [0.25, 0.3) is 11.1 Å². The Labute approximate surface area is 125 Å². The third-order valence-electron chi connectivity index (χ3n) is 5.09. The van der Waals surface area contributed by atoms with Gasteiger partial charge < -0.3 is 13.7 Å². The van der Waals surface area contributed by atoms with Crippen LogP contribution in [0.3, 0.4) is 0 Å². The molecule has 1 aliphatic carbocycles. The molecule has 1 aromatic carbocycles. The molecule has 2 heterocycles. The zero-order chi connectivity index (χ0) is 14.8. The van der Waals surface area contributed by atoms with E-state index in [2.05, 4.69) is 32.7 Å². The van der Waals surface area contributed by atoms with Gasteiger partial charge in [0.25, 0.3) is 0 Å². The van der Waals surface area contributed by atoms with Crippen LogP contribution in [0.2, 0.25) is 5.82 Å². The van der Waals surface area contributed by atoms with Gasteiger partial charge in [-0.05, 0) is 46.2 Å². The van der Waals surface area contributed by atoms with Crippen molar-refractivity contribution in [2.75, 3.05) is 0 Å². The first-order chi connectivity index (χ1) is 9.87. The maximum absolute atomic E-state index is 6.12. The number of hydrogen-bond donors (Lipinski definition) is 0. The van der Waals surface area contributed by atoms with Gasteiger partial charge in [-0.2, -0.15) is 0 Å². The van der Waals surface area contributed by atoms with E-state index in [1.807, 2.05) is 24.3 Å². The molecular weight excluding hydrogens is 265 g/mol. The molecule has 0 spiro atoms. The van der Waals surface area contributed by atoms with Crippen LogP contribution in [0.1, 0.15) is 45.9 Å². The lowest BCUT2D eigenvalue weighted by atomic mass is 9.80. The molecule has 0 amide bonds. The van der Waals surface area contributed by atoms with E-state index in [1.165, 1.54) is 0 Å². The molecule has 0 unspecified atom stereocenters. The van der Waals surface area contributed by atoms with Gasteiger partial charge in [0, 0.05) is 11.7 Å². The second-order valence-corrected chi connectivity index (χ2v) is 7.15. The van der Waals surface area contributed by atoms with Gasteiger partial charge in [-0.3, -0.25) is 0 Å². The lowest BCUT2D eigenvalue weighted by molar-refractivity contribution is 0.00578. The molecule has 2 aliphatic rings. The largest absolute Gasteiger partial charge is 0.461 e. The molecule has 2 atom stereocenters. The first-order valence-electron chi connectivity index (χ1n) is 7.58. The van der Waals surface area contributed by atoms with Crippen LogP contribution in [0.5, 0.6) is 0 Å². The Morgan fingerprint density at radius 3 is 2.43 bits per heavy atom. The molecule has 4 rings (SSSR count). The van der Waals surface area contributed by atoms with E-state index >= 15 is 0 Å². The van der Waals surface area contributed by atoms with Gasteiger partial charge >= 0.3 is 7.12 Å². The molecule has 5 heteroatoms. The van der Waals surface area contributed by atoms with Crippen molar-refractivity contribution in [3.63, 3.8) is 0 Å². The van der Waals surface area contributed by atoms with E-state index in [1.54, 1.807) is 0 Å². The van der Waals surface area contributed by atoms with E-state index in [0.717, 1.165) is 23.4 Å². The standard InChI is InChI=1S/C16H20BNO3/c1-15(2)16(3,4)21-17(20-15)11-9-10(11)14-18-12-7-5-6-8-13(12)19-14/h5-8,10-11H,9H2,1-4H3/t10-,11+/m1/s1. The Balaban J connectivity index is 1.54. The highest BCUT2D eigenvalue weighted by atomic mass is 16.7. The minimum absolute atomic E-state index is 0.157. The lowest BCUT2D eigenvalue weighted by Crippen LogP contribution is -2.41. The highest BCUT2D eigenvalue weighted by molar-refractivity contribution is 6.49. The zero-order valence-electron chi connectivity index (χ0n) is 12.9. The average Bonchev–Trinajstić information content (AvgIpc) is 3.03. The smallest absolute Gasteiger partial charge is 0.440 e. The molecule has 0 N–H and O–H groups in total. The monoisotopic (exact) mass is 285 g/mol. The normalized spacial score (nSPS) is 30.0. The van der Waals surface area contributed by atoms with Crippen molar-refractivity contribution in [2.24, 2.45) is 0 Å². The van der Waals surface area contributed by atoms with Crippen molar-refractivity contribution in [3.8, 4) is 0 Å². The van der Waals surface area contributed by atoms with Crippen molar-refractivity contribution in [2.45, 2.75) is 57.1 Å². The van der Waals surface area contributed by atoms with Gasteiger partial charge in [-0.1, -0.05) is 12.1 Å². The zero-order valence-corrected chi connectivity index (χ0v) is 12.9. The fourth-order valence-electron chi connectivity index (χ4n) is 2.91. The number of para-hydroxylation sites is 2. The molecule has 2 aromatic rings. The van der Waals surface area contributed by atoms with Crippen molar-refractivity contribution < 1.29 is 13.7 Å². The molecule has 4 nitrogen and oxygen atoms in total. The molecule has 0 bridgehead atoms. The SMILES string of the molecule is CC1(C)OB([C@H]2C[C@H]2c2nc3ccccc3o2)OC1(C)C. The fourth-order valence-corrected chi connectivity index (χ4v) is 2.91. The molecular formula is C16H20BNO3. The summed E-state index contributed by atoms with van der Waals surface area (Å²) in [5.41, 5.74) is 1.23. The van der Waals surface area contributed by atoms with Gasteiger partial charge in [0.1, 0.15) is 5.52 Å². The topological polar surface area (TPSA) is 44.5 Å². The van der Waals surface area contributed by atoms with Crippen molar-refractivity contribution in [1.29, 1.82) is 0 Å². The molecule has 110 valence electrons. The van der Waals surface area contributed by atoms with Gasteiger partial charge in [-0.15, -0.1) is 0 Å². The van der Waals surface area contributed by atoms with E-state index in [0.29, 0.717) is 11.7 Å². The first-order valence-corrected chi connectivity index (χ1v) is 7.58. The van der Waals surface area contributed by atoms with Gasteiger partial charge in [0.15, 0.2) is 11.5 Å². The summed E-state index contributed by atoms with van der Waals surface area (Å²) < 4.78 is 18.1. The molecule has 1 saturated heterocycles. The van der Waals surface area contributed by atoms with Crippen molar-refractivity contribution in [1.82, 2.24) is 4.98 Å². The van der Waals surface area contributed by atoms with Crippen LogP contribution in [-0.4, -0.2) is 23.3 Å². The lowest BCUT2D eigenvalue weighted by Gasteiger charge is -2.32. The Kier molecular flexibility index (Phi) is 2.61. The van der Waals surface area contributed by atoms with Crippen LogP contribution in [0.4, 0.5) is 0 Å². The highest BCUT2D eigenvalue weighted by Crippen LogP contribution is 2.58. The summed E-state index contributed by atoms with van der Waals surface area (Å²) in [6, 6.07) is 7.88. The number of nitrogens with zero attached hydrogens (tertiary/aromatic N) is 1. The van der Waals surface area contributed by atoms with Crippen LogP contribution in [0.15, 0.2) is 28.7 Å². The van der Waals surface area contributed by atoms with Crippen LogP contribution in [0, 0.1) is 0 Å². The van der Waals surface area contributed by atoms with Crippen LogP contribution in [-0.2, 0) is 9.31 Å².